The molecule has 0 radical (unpaired) electrons. The molecule has 5 aromatic rings. The van der Waals surface area contributed by atoms with E-state index in [1.807, 2.05) is 83.4 Å². The van der Waals surface area contributed by atoms with Crippen molar-refractivity contribution in [3.8, 4) is 16.9 Å². The maximum Gasteiger partial charge on any atom is 0.262 e. The first-order valence-electron chi connectivity index (χ1n) is 10.6. The molecule has 0 saturated heterocycles. The number of amides is 1. The van der Waals surface area contributed by atoms with Gasteiger partial charge in [-0.15, -0.1) is 0 Å². The predicted octanol–water partition coefficient (Wildman–Crippen LogP) is 4.28. The maximum absolute atomic E-state index is 13.3. The molecule has 162 valence electrons. The summed E-state index contributed by atoms with van der Waals surface area (Å²) in [5.41, 5.74) is 3.81. The number of rotatable bonds is 6. The topological polar surface area (TPSA) is 81.8 Å². The van der Waals surface area contributed by atoms with Crippen molar-refractivity contribution in [1.82, 2.24) is 19.1 Å². The summed E-state index contributed by atoms with van der Waals surface area (Å²) in [6.45, 7) is 0.238. The predicted molar refractivity (Wildman–Crippen MR) is 128 cm³/mol. The molecule has 0 atom stereocenters. The van der Waals surface area contributed by atoms with E-state index in [-0.39, 0.29) is 24.4 Å². The van der Waals surface area contributed by atoms with Crippen molar-refractivity contribution in [3.63, 3.8) is 0 Å². The molecular weight excluding hydrogens is 414 g/mol. The molecule has 0 bridgehead atoms. The zero-order valence-corrected chi connectivity index (χ0v) is 17.8. The lowest BCUT2D eigenvalue weighted by molar-refractivity contribution is -0.116. The van der Waals surface area contributed by atoms with Crippen molar-refractivity contribution in [1.29, 1.82) is 0 Å². The minimum atomic E-state index is -0.183. The second-order valence-corrected chi connectivity index (χ2v) is 7.58. The molecule has 7 heteroatoms. The summed E-state index contributed by atoms with van der Waals surface area (Å²) in [5, 5.41) is 3.34. The van der Waals surface area contributed by atoms with Gasteiger partial charge in [-0.05, 0) is 35.9 Å². The second-order valence-electron chi connectivity index (χ2n) is 7.58. The van der Waals surface area contributed by atoms with Crippen LogP contribution in [0.3, 0.4) is 0 Å². The number of carbonyl (C=O) groups is 1. The molecule has 7 nitrogen and oxygen atoms in total. The molecule has 33 heavy (non-hydrogen) atoms. The second kappa shape index (κ2) is 8.92. The number of para-hydroxylation sites is 1. The fraction of sp³-hybridized carbons (Fsp3) is 0.0769. The Labute approximate surface area is 190 Å². The number of hydrogen-bond donors (Lipinski definition) is 1. The SMILES string of the molecule is O=C(CCn1cnc2c(cc(-c3ccccc3)n2-c2ccncc2)c1=O)Nc1ccccc1. The Kier molecular flexibility index (Phi) is 5.51. The van der Waals surface area contributed by atoms with Crippen LogP contribution in [0.4, 0.5) is 5.69 Å². The number of fused-ring (bicyclic) bond motifs is 1. The zero-order chi connectivity index (χ0) is 22.6. The minimum absolute atomic E-state index is 0.160. The Morgan fingerprint density at radius 2 is 1.61 bits per heavy atom. The highest BCUT2D eigenvalue weighted by molar-refractivity contribution is 5.90. The lowest BCUT2D eigenvalue weighted by Gasteiger charge is -2.11. The number of nitrogens with zero attached hydrogens (tertiary/aromatic N) is 4. The fourth-order valence-electron chi connectivity index (χ4n) is 3.82. The molecule has 3 aromatic heterocycles. The highest BCUT2D eigenvalue weighted by Gasteiger charge is 2.17. The molecule has 0 aliphatic rings. The van der Waals surface area contributed by atoms with E-state index >= 15 is 0 Å². The van der Waals surface area contributed by atoms with Gasteiger partial charge in [-0.3, -0.25) is 23.7 Å². The number of aromatic nitrogens is 4. The van der Waals surface area contributed by atoms with E-state index < -0.39 is 0 Å². The standard InChI is InChI=1S/C26H21N5O2/c32-24(29-20-9-5-2-6-10-20)13-16-30-18-28-25-22(26(30)33)17-23(19-7-3-1-4-8-19)31(25)21-11-14-27-15-12-21/h1-12,14-15,17-18H,13,16H2,(H,29,32). The van der Waals surface area contributed by atoms with Crippen LogP contribution in [-0.4, -0.2) is 25.0 Å². The van der Waals surface area contributed by atoms with Crippen LogP contribution >= 0.6 is 0 Å². The van der Waals surface area contributed by atoms with Crippen molar-refractivity contribution in [2.45, 2.75) is 13.0 Å². The van der Waals surface area contributed by atoms with Gasteiger partial charge in [0.25, 0.3) is 5.56 Å². The molecule has 0 saturated carbocycles. The monoisotopic (exact) mass is 435 g/mol. The Morgan fingerprint density at radius 3 is 2.33 bits per heavy atom. The largest absolute Gasteiger partial charge is 0.326 e. The van der Waals surface area contributed by atoms with E-state index in [2.05, 4.69) is 15.3 Å². The van der Waals surface area contributed by atoms with Gasteiger partial charge in [0.05, 0.1) is 23.1 Å². The van der Waals surface area contributed by atoms with E-state index in [1.54, 1.807) is 12.4 Å². The Bertz CT molecular complexity index is 1460. The van der Waals surface area contributed by atoms with Crippen LogP contribution in [0.15, 0.2) is 102 Å². The van der Waals surface area contributed by atoms with Crippen molar-refractivity contribution in [2.24, 2.45) is 0 Å². The molecule has 0 aliphatic heterocycles. The van der Waals surface area contributed by atoms with Crippen molar-refractivity contribution < 1.29 is 4.79 Å². The van der Waals surface area contributed by atoms with Gasteiger partial charge >= 0.3 is 0 Å². The number of nitrogens with one attached hydrogen (secondary N) is 1. The van der Waals surface area contributed by atoms with Gasteiger partial charge in [-0.2, -0.15) is 0 Å². The average molecular weight is 435 g/mol. The molecule has 3 heterocycles. The molecule has 2 aromatic carbocycles. The third kappa shape index (κ3) is 4.16. The van der Waals surface area contributed by atoms with Crippen LogP contribution in [-0.2, 0) is 11.3 Å². The first-order chi connectivity index (χ1) is 16.2. The highest BCUT2D eigenvalue weighted by Crippen LogP contribution is 2.28. The summed E-state index contributed by atoms with van der Waals surface area (Å²) in [7, 11) is 0. The normalized spacial score (nSPS) is 10.9. The van der Waals surface area contributed by atoms with Gasteiger partial charge in [-0.1, -0.05) is 48.5 Å². The van der Waals surface area contributed by atoms with Crippen LogP contribution in [0.2, 0.25) is 0 Å². The van der Waals surface area contributed by atoms with Crippen LogP contribution in [0.1, 0.15) is 6.42 Å². The van der Waals surface area contributed by atoms with Crippen molar-refractivity contribution in [2.75, 3.05) is 5.32 Å². The Balaban J connectivity index is 1.50. The molecule has 1 amide bonds. The van der Waals surface area contributed by atoms with E-state index in [4.69, 9.17) is 0 Å². The summed E-state index contributed by atoms with van der Waals surface area (Å²) in [6, 6.07) is 24.7. The van der Waals surface area contributed by atoms with Gasteiger partial charge in [0, 0.05) is 31.0 Å². The van der Waals surface area contributed by atoms with Crippen LogP contribution < -0.4 is 10.9 Å². The van der Waals surface area contributed by atoms with Gasteiger partial charge < -0.3 is 5.32 Å². The zero-order valence-electron chi connectivity index (χ0n) is 17.8. The number of aryl methyl sites for hydroxylation is 1. The number of hydrogen-bond acceptors (Lipinski definition) is 4. The van der Waals surface area contributed by atoms with E-state index in [0.717, 1.165) is 22.6 Å². The summed E-state index contributed by atoms with van der Waals surface area (Å²) in [5.74, 6) is -0.160. The molecule has 0 unspecified atom stereocenters. The van der Waals surface area contributed by atoms with E-state index in [1.165, 1.54) is 10.9 Å². The summed E-state index contributed by atoms with van der Waals surface area (Å²) < 4.78 is 3.44. The molecular formula is C26H21N5O2. The number of pyridine rings is 1. The quantitative estimate of drug-likeness (QED) is 0.432. The number of anilines is 1. The maximum atomic E-state index is 13.3. The lowest BCUT2D eigenvalue weighted by atomic mass is 10.1. The first kappa shape index (κ1) is 20.4. The lowest BCUT2D eigenvalue weighted by Crippen LogP contribution is -2.23. The summed E-state index contributed by atoms with van der Waals surface area (Å²) in [4.78, 5) is 34.3. The minimum Gasteiger partial charge on any atom is -0.326 e. The third-order valence-corrected chi connectivity index (χ3v) is 5.41. The molecule has 5 rings (SSSR count). The summed E-state index contributed by atoms with van der Waals surface area (Å²) >= 11 is 0. The third-order valence-electron chi connectivity index (χ3n) is 5.41. The van der Waals surface area contributed by atoms with Gasteiger partial charge in [0.1, 0.15) is 0 Å². The molecule has 0 spiro atoms. The average Bonchev–Trinajstić information content (AvgIpc) is 3.26. The summed E-state index contributed by atoms with van der Waals surface area (Å²) in [6.07, 6.45) is 5.09. The Hall–Kier alpha value is -4.52. The number of carbonyl (C=O) groups excluding carboxylic acids is 1. The highest BCUT2D eigenvalue weighted by atomic mass is 16.2. The van der Waals surface area contributed by atoms with E-state index in [9.17, 15) is 9.59 Å². The van der Waals surface area contributed by atoms with Crippen molar-refractivity contribution in [3.05, 3.63) is 108 Å². The van der Waals surface area contributed by atoms with Crippen LogP contribution in [0, 0.1) is 0 Å². The van der Waals surface area contributed by atoms with E-state index in [0.29, 0.717) is 11.0 Å². The van der Waals surface area contributed by atoms with Crippen LogP contribution in [0.25, 0.3) is 28.0 Å². The first-order valence-corrected chi connectivity index (χ1v) is 10.6. The fourth-order valence-corrected chi connectivity index (χ4v) is 3.82. The van der Waals surface area contributed by atoms with Gasteiger partial charge in [-0.25, -0.2) is 4.98 Å². The smallest absolute Gasteiger partial charge is 0.262 e. The van der Waals surface area contributed by atoms with Gasteiger partial charge in [0.15, 0.2) is 5.65 Å². The number of benzene rings is 2. The van der Waals surface area contributed by atoms with Crippen molar-refractivity contribution >= 4 is 22.6 Å². The van der Waals surface area contributed by atoms with Crippen LogP contribution in [0.5, 0.6) is 0 Å². The molecule has 0 aliphatic carbocycles. The molecule has 1 N–H and O–H groups in total. The van der Waals surface area contributed by atoms with Gasteiger partial charge in [0.2, 0.25) is 5.91 Å². The Morgan fingerprint density at radius 1 is 0.909 bits per heavy atom. The molecule has 0 fully saturated rings.